The number of ketones is 1. The van der Waals surface area contributed by atoms with Crippen molar-refractivity contribution in [2.45, 2.75) is 65.0 Å². The lowest BCUT2D eigenvalue weighted by molar-refractivity contribution is 0.0102. The normalized spacial score (nSPS) is 22.0. The molecule has 0 saturated carbocycles. The Labute approximate surface area is 142 Å². The molecule has 1 saturated heterocycles. The minimum atomic E-state index is -0.488. The third-order valence-electron chi connectivity index (χ3n) is 5.50. The van der Waals surface area contributed by atoms with Gasteiger partial charge in [-0.3, -0.25) is 9.48 Å². The van der Waals surface area contributed by atoms with Crippen molar-refractivity contribution < 1.29 is 14.3 Å². The van der Waals surface area contributed by atoms with Crippen LogP contribution in [0.5, 0.6) is 0 Å². The number of Topliss-reactive ketones (excluding diaryl/α,β-unsaturated/α-hetero) is 1. The zero-order valence-corrected chi connectivity index (χ0v) is 14.7. The van der Waals surface area contributed by atoms with Crippen LogP contribution in [0.1, 0.15) is 61.8 Å². The summed E-state index contributed by atoms with van der Waals surface area (Å²) in [5, 5.41) is 4.66. The predicted molar refractivity (Wildman–Crippen MR) is 88.1 cm³/mol. The van der Waals surface area contributed by atoms with Crippen molar-refractivity contribution in [2.75, 3.05) is 13.1 Å². The smallest absolute Gasteiger partial charge is 0.410 e. The number of rotatable bonds is 0. The van der Waals surface area contributed by atoms with E-state index in [4.69, 9.17) is 4.74 Å². The predicted octanol–water partition coefficient (Wildman–Crippen LogP) is 2.59. The number of piperidine rings is 1. The number of carbonyl (C=O) groups is 2. The standard InChI is InChI=1S/C18H25N3O3/c1-17(2,3)24-16(23)20-9-7-18(8-10-20)11-21-14(15(18)22)12-5-4-6-13(12)19-21/h4-11H2,1-3H3. The Hall–Kier alpha value is -1.85. The monoisotopic (exact) mass is 331 g/mol. The van der Waals surface area contributed by atoms with Crippen LogP contribution in [-0.4, -0.2) is 45.2 Å². The number of carbonyl (C=O) groups excluding carboxylic acids is 2. The van der Waals surface area contributed by atoms with Crippen LogP contribution in [0, 0.1) is 5.41 Å². The first-order chi connectivity index (χ1) is 11.3. The van der Waals surface area contributed by atoms with E-state index < -0.39 is 5.60 Å². The molecule has 3 heterocycles. The van der Waals surface area contributed by atoms with E-state index in [1.807, 2.05) is 25.5 Å². The highest BCUT2D eigenvalue weighted by molar-refractivity contribution is 6.02. The largest absolute Gasteiger partial charge is 0.444 e. The second-order valence-electron chi connectivity index (χ2n) is 8.36. The molecule has 0 N–H and O–H groups in total. The van der Waals surface area contributed by atoms with Crippen LogP contribution in [0.3, 0.4) is 0 Å². The molecular formula is C18H25N3O3. The zero-order chi connectivity index (χ0) is 17.1. The molecule has 2 aliphatic heterocycles. The maximum absolute atomic E-state index is 13.1. The van der Waals surface area contributed by atoms with Gasteiger partial charge in [-0.25, -0.2) is 4.79 Å². The average Bonchev–Trinajstić information content (AvgIpc) is 3.11. The van der Waals surface area contributed by atoms with Crippen LogP contribution in [-0.2, 0) is 24.1 Å². The van der Waals surface area contributed by atoms with Crippen LogP contribution >= 0.6 is 0 Å². The van der Waals surface area contributed by atoms with Crippen molar-refractivity contribution in [3.63, 3.8) is 0 Å². The molecule has 24 heavy (non-hydrogen) atoms. The molecule has 130 valence electrons. The third-order valence-corrected chi connectivity index (χ3v) is 5.50. The van der Waals surface area contributed by atoms with E-state index in [9.17, 15) is 9.59 Å². The molecular weight excluding hydrogens is 306 g/mol. The molecule has 1 spiro atoms. The molecule has 1 aliphatic carbocycles. The van der Waals surface area contributed by atoms with Gasteiger partial charge in [0.25, 0.3) is 0 Å². The highest BCUT2D eigenvalue weighted by Gasteiger charge is 2.50. The summed E-state index contributed by atoms with van der Waals surface area (Å²) >= 11 is 0. The van der Waals surface area contributed by atoms with Crippen molar-refractivity contribution in [1.82, 2.24) is 14.7 Å². The van der Waals surface area contributed by atoms with Crippen LogP contribution < -0.4 is 0 Å². The lowest BCUT2D eigenvalue weighted by atomic mass is 9.75. The van der Waals surface area contributed by atoms with E-state index >= 15 is 0 Å². The van der Waals surface area contributed by atoms with Gasteiger partial charge >= 0.3 is 6.09 Å². The van der Waals surface area contributed by atoms with E-state index in [1.54, 1.807) is 4.90 Å². The van der Waals surface area contributed by atoms with Gasteiger partial charge in [-0.15, -0.1) is 0 Å². The van der Waals surface area contributed by atoms with Gasteiger partial charge in [0.05, 0.1) is 17.7 Å². The summed E-state index contributed by atoms with van der Waals surface area (Å²) in [4.78, 5) is 27.1. The van der Waals surface area contributed by atoms with E-state index in [2.05, 4.69) is 5.10 Å². The maximum Gasteiger partial charge on any atom is 0.410 e. The molecule has 0 unspecified atom stereocenters. The molecule has 1 fully saturated rings. The number of amides is 1. The number of aromatic nitrogens is 2. The summed E-state index contributed by atoms with van der Waals surface area (Å²) < 4.78 is 7.39. The summed E-state index contributed by atoms with van der Waals surface area (Å²) in [6.07, 6.45) is 4.21. The van der Waals surface area contributed by atoms with Crippen molar-refractivity contribution in [3.05, 3.63) is 17.0 Å². The molecule has 6 nitrogen and oxygen atoms in total. The highest BCUT2D eigenvalue weighted by Crippen LogP contribution is 2.44. The number of ether oxygens (including phenoxy) is 1. The molecule has 6 heteroatoms. The molecule has 0 atom stereocenters. The molecule has 1 aromatic rings. The maximum atomic E-state index is 13.1. The Kier molecular flexibility index (Phi) is 3.31. The fourth-order valence-electron chi connectivity index (χ4n) is 4.25. The first-order valence-electron chi connectivity index (χ1n) is 8.90. The molecule has 1 aromatic heterocycles. The SMILES string of the molecule is CC(C)(C)OC(=O)N1CCC2(CC1)Cn1nc3c(c1C2=O)CCC3. The molecule has 0 aromatic carbocycles. The van der Waals surface area contributed by atoms with E-state index in [0.717, 1.165) is 30.7 Å². The van der Waals surface area contributed by atoms with Gasteiger partial charge in [0, 0.05) is 18.7 Å². The number of nitrogens with zero attached hydrogens (tertiary/aromatic N) is 3. The van der Waals surface area contributed by atoms with Crippen molar-refractivity contribution in [1.29, 1.82) is 0 Å². The third kappa shape index (κ3) is 2.34. The van der Waals surface area contributed by atoms with Gasteiger partial charge in [0.1, 0.15) is 11.3 Å². The van der Waals surface area contributed by atoms with E-state index in [1.165, 1.54) is 5.56 Å². The summed E-state index contributed by atoms with van der Waals surface area (Å²) in [6, 6.07) is 0. The second-order valence-corrected chi connectivity index (χ2v) is 8.36. The quantitative estimate of drug-likeness (QED) is 0.733. The lowest BCUT2D eigenvalue weighted by Gasteiger charge is -2.38. The van der Waals surface area contributed by atoms with Gasteiger partial charge in [0.2, 0.25) is 0 Å². The summed E-state index contributed by atoms with van der Waals surface area (Å²) in [7, 11) is 0. The highest BCUT2D eigenvalue weighted by atomic mass is 16.6. The van der Waals surface area contributed by atoms with Gasteiger partial charge < -0.3 is 9.64 Å². The topological polar surface area (TPSA) is 64.4 Å². The first-order valence-corrected chi connectivity index (χ1v) is 8.90. The van der Waals surface area contributed by atoms with Gasteiger partial charge in [-0.1, -0.05) is 0 Å². The Balaban J connectivity index is 1.47. The number of likely N-dealkylation sites (tertiary alicyclic amines) is 1. The van der Waals surface area contributed by atoms with Crippen molar-refractivity contribution in [2.24, 2.45) is 5.41 Å². The minimum Gasteiger partial charge on any atom is -0.444 e. The summed E-state index contributed by atoms with van der Waals surface area (Å²) in [5.74, 6) is 0.252. The van der Waals surface area contributed by atoms with Crippen LogP contribution in [0.2, 0.25) is 0 Å². The number of hydrogen-bond donors (Lipinski definition) is 0. The van der Waals surface area contributed by atoms with Crippen LogP contribution in [0.4, 0.5) is 4.79 Å². The van der Waals surface area contributed by atoms with Gasteiger partial charge in [0.15, 0.2) is 5.78 Å². The Morgan fingerprint density at radius 3 is 2.58 bits per heavy atom. The summed E-state index contributed by atoms with van der Waals surface area (Å²) in [5.41, 5.74) is 2.32. The Morgan fingerprint density at radius 2 is 1.92 bits per heavy atom. The van der Waals surface area contributed by atoms with Gasteiger partial charge in [-0.05, 0) is 52.9 Å². The minimum absolute atomic E-state index is 0.252. The van der Waals surface area contributed by atoms with Crippen LogP contribution in [0.15, 0.2) is 0 Å². The molecule has 1 amide bonds. The summed E-state index contributed by atoms with van der Waals surface area (Å²) in [6.45, 7) is 7.45. The number of aryl methyl sites for hydroxylation is 1. The zero-order valence-electron chi connectivity index (χ0n) is 14.7. The van der Waals surface area contributed by atoms with E-state index in [0.29, 0.717) is 32.5 Å². The Bertz CT molecular complexity index is 706. The van der Waals surface area contributed by atoms with E-state index in [-0.39, 0.29) is 17.3 Å². The first kappa shape index (κ1) is 15.7. The second kappa shape index (κ2) is 5.07. The Morgan fingerprint density at radius 1 is 1.21 bits per heavy atom. The molecule has 4 rings (SSSR count). The lowest BCUT2D eigenvalue weighted by Crippen LogP contribution is -2.47. The average molecular weight is 331 g/mol. The molecule has 0 bridgehead atoms. The fraction of sp³-hybridized carbons (Fsp3) is 0.722. The molecule has 0 radical (unpaired) electrons. The van der Waals surface area contributed by atoms with Crippen molar-refractivity contribution in [3.8, 4) is 0 Å². The number of fused-ring (bicyclic) bond motifs is 3. The fourth-order valence-corrected chi connectivity index (χ4v) is 4.25. The molecule has 3 aliphatic rings. The van der Waals surface area contributed by atoms with Crippen LogP contribution in [0.25, 0.3) is 0 Å². The number of hydrogen-bond acceptors (Lipinski definition) is 4. The van der Waals surface area contributed by atoms with Crippen molar-refractivity contribution >= 4 is 11.9 Å². The van der Waals surface area contributed by atoms with Gasteiger partial charge in [-0.2, -0.15) is 5.10 Å².